The number of nitrogens with one attached hydrogen (secondary N) is 1. The SMILES string of the molecule is COC(=O)c1c(-c2ccccc2)n[nH]c1-c1ccc([N+](=O)[O-])cc1. The van der Waals surface area contributed by atoms with Crippen molar-refractivity contribution in [1.82, 2.24) is 10.2 Å². The van der Waals surface area contributed by atoms with Gasteiger partial charge in [-0.05, 0) is 12.1 Å². The fraction of sp³-hybridized carbons (Fsp3) is 0.0588. The summed E-state index contributed by atoms with van der Waals surface area (Å²) < 4.78 is 4.87. The van der Waals surface area contributed by atoms with Crippen molar-refractivity contribution in [3.63, 3.8) is 0 Å². The molecule has 2 aromatic carbocycles. The Morgan fingerprint density at radius 2 is 1.75 bits per heavy atom. The summed E-state index contributed by atoms with van der Waals surface area (Å²) in [4.78, 5) is 22.5. The second kappa shape index (κ2) is 6.33. The molecule has 24 heavy (non-hydrogen) atoms. The number of aromatic amines is 1. The summed E-state index contributed by atoms with van der Waals surface area (Å²) in [6.07, 6.45) is 0. The first kappa shape index (κ1) is 15.4. The summed E-state index contributed by atoms with van der Waals surface area (Å²) in [5.74, 6) is -0.532. The molecule has 1 aromatic heterocycles. The molecule has 0 aliphatic heterocycles. The van der Waals surface area contributed by atoms with Crippen LogP contribution in [0.4, 0.5) is 5.69 Å². The Morgan fingerprint density at radius 3 is 2.33 bits per heavy atom. The van der Waals surface area contributed by atoms with Gasteiger partial charge in [0.05, 0.1) is 17.7 Å². The smallest absolute Gasteiger partial charge is 0.342 e. The standard InChI is InChI=1S/C17H13N3O4/c1-24-17(21)14-15(11-5-3-2-4-6-11)18-19-16(14)12-7-9-13(10-8-12)20(22)23/h2-10H,1H3,(H,18,19). The third kappa shape index (κ3) is 2.74. The van der Waals surface area contributed by atoms with Gasteiger partial charge < -0.3 is 4.74 Å². The Morgan fingerprint density at radius 1 is 1.08 bits per heavy atom. The van der Waals surface area contributed by atoms with Crippen molar-refractivity contribution in [1.29, 1.82) is 0 Å². The van der Waals surface area contributed by atoms with Crippen LogP contribution in [0.25, 0.3) is 22.5 Å². The Kier molecular flexibility index (Phi) is 4.07. The van der Waals surface area contributed by atoms with Crippen molar-refractivity contribution in [2.24, 2.45) is 0 Å². The fourth-order valence-electron chi connectivity index (χ4n) is 2.41. The van der Waals surface area contributed by atoms with Gasteiger partial charge in [-0.2, -0.15) is 5.10 Å². The molecule has 0 bridgehead atoms. The van der Waals surface area contributed by atoms with Gasteiger partial charge in [-0.25, -0.2) is 4.79 Å². The van der Waals surface area contributed by atoms with E-state index in [1.165, 1.54) is 19.2 Å². The molecule has 0 unspecified atom stereocenters. The number of carbonyl (C=O) groups excluding carboxylic acids is 1. The van der Waals surface area contributed by atoms with Gasteiger partial charge in [-0.15, -0.1) is 0 Å². The highest BCUT2D eigenvalue weighted by molar-refractivity contribution is 6.02. The van der Waals surface area contributed by atoms with Gasteiger partial charge in [-0.3, -0.25) is 15.2 Å². The summed E-state index contributed by atoms with van der Waals surface area (Å²) in [5, 5.41) is 17.8. The summed E-state index contributed by atoms with van der Waals surface area (Å²) in [6.45, 7) is 0. The van der Waals surface area contributed by atoms with Crippen molar-refractivity contribution >= 4 is 11.7 Å². The topological polar surface area (TPSA) is 98.1 Å². The molecule has 7 heteroatoms. The molecule has 0 amide bonds. The van der Waals surface area contributed by atoms with Gasteiger partial charge >= 0.3 is 5.97 Å². The number of nitro groups is 1. The van der Waals surface area contributed by atoms with Gasteiger partial charge in [0, 0.05) is 23.3 Å². The number of ether oxygens (including phenoxy) is 1. The van der Waals surface area contributed by atoms with Crippen molar-refractivity contribution < 1.29 is 14.5 Å². The van der Waals surface area contributed by atoms with Crippen LogP contribution in [0.5, 0.6) is 0 Å². The van der Waals surface area contributed by atoms with Crippen LogP contribution in [0.3, 0.4) is 0 Å². The van der Waals surface area contributed by atoms with E-state index in [9.17, 15) is 14.9 Å². The molecule has 3 aromatic rings. The maximum absolute atomic E-state index is 12.2. The van der Waals surface area contributed by atoms with Crippen molar-refractivity contribution in [3.05, 3.63) is 70.3 Å². The van der Waals surface area contributed by atoms with E-state index in [1.807, 2.05) is 30.3 Å². The quantitative estimate of drug-likeness (QED) is 0.450. The second-order valence-electron chi connectivity index (χ2n) is 4.98. The molecule has 0 saturated heterocycles. The minimum Gasteiger partial charge on any atom is -0.465 e. The zero-order valence-corrected chi connectivity index (χ0v) is 12.7. The summed E-state index contributed by atoms with van der Waals surface area (Å²) in [5.41, 5.74) is 2.56. The van der Waals surface area contributed by atoms with E-state index in [4.69, 9.17) is 4.74 Å². The Hall–Kier alpha value is -3.48. The van der Waals surface area contributed by atoms with Gasteiger partial charge in [0.15, 0.2) is 0 Å². The second-order valence-corrected chi connectivity index (χ2v) is 4.98. The number of aromatic nitrogens is 2. The van der Waals surface area contributed by atoms with Crippen LogP contribution in [0, 0.1) is 10.1 Å². The number of nitro benzene ring substituents is 1. The number of methoxy groups -OCH3 is 1. The zero-order chi connectivity index (χ0) is 17.1. The van der Waals surface area contributed by atoms with E-state index < -0.39 is 10.9 Å². The molecule has 0 atom stereocenters. The Balaban J connectivity index is 2.13. The largest absolute Gasteiger partial charge is 0.465 e. The highest BCUT2D eigenvalue weighted by Gasteiger charge is 2.23. The zero-order valence-electron chi connectivity index (χ0n) is 12.7. The average Bonchev–Trinajstić information content (AvgIpc) is 3.07. The molecular formula is C17H13N3O4. The van der Waals surface area contributed by atoms with E-state index in [2.05, 4.69) is 10.2 Å². The third-order valence-electron chi connectivity index (χ3n) is 3.57. The van der Waals surface area contributed by atoms with Crippen molar-refractivity contribution in [3.8, 4) is 22.5 Å². The lowest BCUT2D eigenvalue weighted by Crippen LogP contribution is -2.04. The number of rotatable bonds is 4. The molecule has 3 rings (SSSR count). The number of hydrogen-bond acceptors (Lipinski definition) is 5. The van der Waals surface area contributed by atoms with Crippen LogP contribution in [-0.2, 0) is 4.74 Å². The van der Waals surface area contributed by atoms with Crippen LogP contribution in [0.15, 0.2) is 54.6 Å². The predicted molar refractivity (Wildman–Crippen MR) is 87.5 cm³/mol. The molecule has 0 fully saturated rings. The number of nitrogens with zero attached hydrogens (tertiary/aromatic N) is 2. The molecule has 120 valence electrons. The van der Waals surface area contributed by atoms with Gasteiger partial charge in [0.2, 0.25) is 0 Å². The lowest BCUT2D eigenvalue weighted by molar-refractivity contribution is -0.384. The monoisotopic (exact) mass is 323 g/mol. The van der Waals surface area contributed by atoms with E-state index in [-0.39, 0.29) is 11.3 Å². The summed E-state index contributed by atoms with van der Waals surface area (Å²) >= 11 is 0. The van der Waals surface area contributed by atoms with E-state index in [1.54, 1.807) is 12.1 Å². The van der Waals surface area contributed by atoms with Crippen LogP contribution < -0.4 is 0 Å². The Bertz CT molecular complexity index is 886. The number of carbonyl (C=O) groups is 1. The van der Waals surface area contributed by atoms with Crippen molar-refractivity contribution in [2.45, 2.75) is 0 Å². The fourth-order valence-corrected chi connectivity index (χ4v) is 2.41. The summed E-state index contributed by atoms with van der Waals surface area (Å²) in [6, 6.07) is 15.1. The number of H-pyrrole nitrogens is 1. The number of benzene rings is 2. The minimum absolute atomic E-state index is 0.0267. The molecule has 0 spiro atoms. The van der Waals surface area contributed by atoms with Gasteiger partial charge in [-0.1, -0.05) is 30.3 Å². The first-order valence-electron chi connectivity index (χ1n) is 7.08. The normalized spacial score (nSPS) is 10.4. The maximum Gasteiger partial charge on any atom is 0.342 e. The molecular weight excluding hydrogens is 310 g/mol. The summed E-state index contributed by atoms with van der Waals surface area (Å²) in [7, 11) is 1.30. The van der Waals surface area contributed by atoms with Gasteiger partial charge in [0.1, 0.15) is 11.3 Å². The molecule has 0 radical (unpaired) electrons. The molecule has 1 N–H and O–H groups in total. The number of non-ortho nitro benzene ring substituents is 1. The van der Waals surface area contributed by atoms with Crippen LogP contribution in [0.2, 0.25) is 0 Å². The molecule has 0 aliphatic carbocycles. The first-order chi connectivity index (χ1) is 11.6. The maximum atomic E-state index is 12.2. The van der Waals surface area contributed by atoms with Gasteiger partial charge in [0.25, 0.3) is 5.69 Å². The third-order valence-corrected chi connectivity index (χ3v) is 3.57. The lowest BCUT2D eigenvalue weighted by atomic mass is 10.0. The number of hydrogen-bond donors (Lipinski definition) is 1. The molecule has 7 nitrogen and oxygen atoms in total. The van der Waals surface area contributed by atoms with E-state index in [0.29, 0.717) is 17.0 Å². The van der Waals surface area contributed by atoms with Crippen molar-refractivity contribution in [2.75, 3.05) is 7.11 Å². The molecule has 1 heterocycles. The highest BCUT2D eigenvalue weighted by atomic mass is 16.6. The van der Waals surface area contributed by atoms with Crippen LogP contribution in [-0.4, -0.2) is 28.2 Å². The lowest BCUT2D eigenvalue weighted by Gasteiger charge is -2.04. The number of esters is 1. The Labute approximate surface area is 137 Å². The molecule has 0 saturated carbocycles. The molecule has 0 aliphatic rings. The predicted octanol–water partition coefficient (Wildman–Crippen LogP) is 3.44. The van der Waals surface area contributed by atoms with E-state index in [0.717, 1.165) is 5.56 Å². The highest BCUT2D eigenvalue weighted by Crippen LogP contribution is 2.31. The minimum atomic E-state index is -0.532. The van der Waals surface area contributed by atoms with E-state index >= 15 is 0 Å². The van der Waals surface area contributed by atoms with Crippen LogP contribution in [0.1, 0.15) is 10.4 Å². The first-order valence-corrected chi connectivity index (χ1v) is 7.08. The van der Waals surface area contributed by atoms with Crippen LogP contribution >= 0.6 is 0 Å². The average molecular weight is 323 g/mol.